The number of carbonyl (C=O) groups is 1. The van der Waals surface area contributed by atoms with E-state index in [1.165, 1.54) is 17.7 Å². The molecule has 0 radical (unpaired) electrons. The van der Waals surface area contributed by atoms with Crippen LogP contribution in [0.1, 0.15) is 25.3 Å². The van der Waals surface area contributed by atoms with Gasteiger partial charge >= 0.3 is 5.76 Å². The Morgan fingerprint density at radius 3 is 2.75 bits per heavy atom. The number of methoxy groups -OCH3 is 1. The molecule has 7 heteroatoms. The Hall–Kier alpha value is -3.09. The number of hydrogen-bond donors (Lipinski definition) is 0. The Labute approximate surface area is 162 Å². The number of fused-ring (bicyclic) bond motifs is 1. The summed E-state index contributed by atoms with van der Waals surface area (Å²) in [5, 5.41) is 0. The van der Waals surface area contributed by atoms with E-state index in [4.69, 9.17) is 9.15 Å². The summed E-state index contributed by atoms with van der Waals surface area (Å²) in [7, 11) is 1.41. The van der Waals surface area contributed by atoms with E-state index in [1.54, 1.807) is 29.2 Å². The Morgan fingerprint density at radius 2 is 2.04 bits per heavy atom. The molecule has 1 heterocycles. The van der Waals surface area contributed by atoms with Crippen molar-refractivity contribution in [3.05, 3.63) is 64.4 Å². The average Bonchev–Trinajstić information content (AvgIpc) is 3.01. The van der Waals surface area contributed by atoms with Gasteiger partial charge in [0.05, 0.1) is 12.6 Å². The van der Waals surface area contributed by atoms with Crippen LogP contribution in [0.2, 0.25) is 0 Å². The maximum Gasteiger partial charge on any atom is 0.419 e. The summed E-state index contributed by atoms with van der Waals surface area (Å²) in [5.41, 5.74) is 1.96. The molecular weight excluding hydrogens is 363 g/mol. The maximum atomic E-state index is 13.9. The zero-order chi connectivity index (χ0) is 20.1. The van der Waals surface area contributed by atoms with Gasteiger partial charge in [-0.25, -0.2) is 9.18 Å². The molecule has 0 atom stereocenters. The van der Waals surface area contributed by atoms with Crippen LogP contribution in [0.3, 0.4) is 0 Å². The number of ether oxygens (including phenoxy) is 1. The molecular formula is C21H23FN2O4. The lowest BCUT2D eigenvalue weighted by Crippen LogP contribution is -2.30. The van der Waals surface area contributed by atoms with Gasteiger partial charge in [0.25, 0.3) is 0 Å². The number of rotatable bonds is 8. The Balaban J connectivity index is 1.60. The highest BCUT2D eigenvalue weighted by molar-refractivity contribution is 5.76. The summed E-state index contributed by atoms with van der Waals surface area (Å²) in [6.07, 6.45) is 0.800. The van der Waals surface area contributed by atoms with Crippen LogP contribution < -0.4 is 10.5 Å². The molecule has 2 aromatic carbocycles. The van der Waals surface area contributed by atoms with Gasteiger partial charge in [-0.15, -0.1) is 0 Å². The van der Waals surface area contributed by atoms with Crippen molar-refractivity contribution in [1.82, 2.24) is 9.47 Å². The number of amides is 1. The van der Waals surface area contributed by atoms with Gasteiger partial charge in [-0.05, 0) is 43.2 Å². The van der Waals surface area contributed by atoms with E-state index < -0.39 is 11.6 Å². The third-order valence-corrected chi connectivity index (χ3v) is 4.67. The number of hydrogen-bond acceptors (Lipinski definition) is 4. The Kier molecular flexibility index (Phi) is 6.13. The highest BCUT2D eigenvalue weighted by Gasteiger charge is 2.15. The SMILES string of the molecule is CCN(Cc1ccc(OC)c(F)c1)C(=O)CCCn1c(=O)oc2ccccc21. The van der Waals surface area contributed by atoms with E-state index in [-0.39, 0.29) is 11.7 Å². The van der Waals surface area contributed by atoms with Crippen LogP contribution in [0.4, 0.5) is 4.39 Å². The Bertz CT molecular complexity index is 1020. The van der Waals surface area contributed by atoms with Gasteiger partial charge in [0.2, 0.25) is 5.91 Å². The molecule has 148 valence electrons. The van der Waals surface area contributed by atoms with Crippen molar-refractivity contribution in [3.8, 4) is 5.75 Å². The van der Waals surface area contributed by atoms with E-state index in [0.29, 0.717) is 43.6 Å². The number of nitrogens with zero attached hydrogens (tertiary/aromatic N) is 2. The molecule has 0 N–H and O–H groups in total. The van der Waals surface area contributed by atoms with E-state index in [0.717, 1.165) is 5.52 Å². The van der Waals surface area contributed by atoms with Crippen LogP contribution in [0, 0.1) is 5.82 Å². The van der Waals surface area contributed by atoms with Crippen molar-refractivity contribution in [2.24, 2.45) is 0 Å². The van der Waals surface area contributed by atoms with Crippen molar-refractivity contribution < 1.29 is 18.3 Å². The van der Waals surface area contributed by atoms with Gasteiger partial charge in [0.1, 0.15) is 0 Å². The number of aryl methyl sites for hydroxylation is 1. The minimum absolute atomic E-state index is 0.0421. The number of halogens is 1. The van der Waals surface area contributed by atoms with Gasteiger partial charge in [-0.1, -0.05) is 18.2 Å². The van der Waals surface area contributed by atoms with Gasteiger partial charge < -0.3 is 14.1 Å². The van der Waals surface area contributed by atoms with Gasteiger partial charge in [-0.3, -0.25) is 9.36 Å². The molecule has 3 rings (SSSR count). The molecule has 3 aromatic rings. The first-order valence-electron chi connectivity index (χ1n) is 9.22. The zero-order valence-electron chi connectivity index (χ0n) is 16.0. The summed E-state index contributed by atoms with van der Waals surface area (Å²) in [5.74, 6) is -0.736. The van der Waals surface area contributed by atoms with Crippen LogP contribution in [0.15, 0.2) is 51.7 Å². The first kappa shape index (κ1) is 19.7. The smallest absolute Gasteiger partial charge is 0.419 e. The lowest BCUT2D eigenvalue weighted by molar-refractivity contribution is -0.131. The summed E-state index contributed by atoms with van der Waals surface area (Å²) < 4.78 is 25.5. The van der Waals surface area contributed by atoms with Crippen molar-refractivity contribution in [3.63, 3.8) is 0 Å². The minimum Gasteiger partial charge on any atom is -0.494 e. The molecule has 0 aliphatic carbocycles. The van der Waals surface area contributed by atoms with Gasteiger partial charge in [-0.2, -0.15) is 0 Å². The van der Waals surface area contributed by atoms with E-state index >= 15 is 0 Å². The molecule has 0 spiro atoms. The fourth-order valence-corrected chi connectivity index (χ4v) is 3.18. The predicted molar refractivity (Wildman–Crippen MR) is 104 cm³/mol. The van der Waals surface area contributed by atoms with Gasteiger partial charge in [0, 0.05) is 26.1 Å². The van der Waals surface area contributed by atoms with Crippen molar-refractivity contribution in [2.75, 3.05) is 13.7 Å². The summed E-state index contributed by atoms with van der Waals surface area (Å²) in [6, 6.07) is 11.9. The molecule has 6 nitrogen and oxygen atoms in total. The number of carbonyl (C=O) groups excluding carboxylic acids is 1. The molecule has 0 bridgehead atoms. The van der Waals surface area contributed by atoms with Gasteiger partial charge in [0.15, 0.2) is 17.1 Å². The normalized spacial score (nSPS) is 11.0. The fraction of sp³-hybridized carbons (Fsp3) is 0.333. The van der Waals surface area contributed by atoms with Crippen LogP contribution in [-0.4, -0.2) is 29.0 Å². The van der Waals surface area contributed by atoms with E-state index in [9.17, 15) is 14.0 Å². The lowest BCUT2D eigenvalue weighted by Gasteiger charge is -2.21. The molecule has 0 aliphatic rings. The molecule has 1 amide bonds. The average molecular weight is 386 g/mol. The highest BCUT2D eigenvalue weighted by Crippen LogP contribution is 2.19. The topological polar surface area (TPSA) is 64.7 Å². The van der Waals surface area contributed by atoms with Crippen LogP contribution in [0.25, 0.3) is 11.1 Å². The molecule has 1 aromatic heterocycles. The minimum atomic E-state index is -0.449. The molecule has 0 unspecified atom stereocenters. The molecule has 0 fully saturated rings. The Morgan fingerprint density at radius 1 is 1.25 bits per heavy atom. The van der Waals surface area contributed by atoms with Crippen LogP contribution in [-0.2, 0) is 17.9 Å². The first-order valence-corrected chi connectivity index (χ1v) is 9.22. The monoisotopic (exact) mass is 386 g/mol. The maximum absolute atomic E-state index is 13.9. The molecule has 0 aliphatic heterocycles. The quantitative estimate of drug-likeness (QED) is 0.594. The van der Waals surface area contributed by atoms with E-state index in [1.807, 2.05) is 19.1 Å². The molecule has 0 saturated carbocycles. The number of para-hydroxylation sites is 2. The highest BCUT2D eigenvalue weighted by atomic mass is 19.1. The first-order chi connectivity index (χ1) is 13.5. The predicted octanol–water partition coefficient (Wildman–Crippen LogP) is 3.57. The summed E-state index contributed by atoms with van der Waals surface area (Å²) in [4.78, 5) is 26.2. The standard InChI is InChI=1S/C21H23FN2O4/c1-3-23(14-15-10-11-18(27-2)16(22)13-15)20(25)9-6-12-24-17-7-4-5-8-19(17)28-21(24)26/h4-5,7-8,10-11,13H,3,6,9,12,14H2,1-2H3. The number of benzene rings is 2. The number of aromatic nitrogens is 1. The van der Waals surface area contributed by atoms with Crippen molar-refractivity contribution in [1.29, 1.82) is 0 Å². The summed E-state index contributed by atoms with van der Waals surface area (Å²) >= 11 is 0. The van der Waals surface area contributed by atoms with Crippen LogP contribution in [0.5, 0.6) is 5.75 Å². The third-order valence-electron chi connectivity index (χ3n) is 4.67. The van der Waals surface area contributed by atoms with Crippen molar-refractivity contribution in [2.45, 2.75) is 32.9 Å². The second-order valence-corrected chi connectivity index (χ2v) is 6.47. The second-order valence-electron chi connectivity index (χ2n) is 6.47. The molecule has 28 heavy (non-hydrogen) atoms. The van der Waals surface area contributed by atoms with Crippen molar-refractivity contribution >= 4 is 17.0 Å². The van der Waals surface area contributed by atoms with Crippen LogP contribution >= 0.6 is 0 Å². The number of oxazole rings is 1. The second kappa shape index (κ2) is 8.73. The zero-order valence-corrected chi connectivity index (χ0v) is 16.0. The summed E-state index contributed by atoms with van der Waals surface area (Å²) in [6.45, 7) is 3.12. The lowest BCUT2D eigenvalue weighted by atomic mass is 10.1. The molecule has 0 saturated heterocycles. The van der Waals surface area contributed by atoms with E-state index in [2.05, 4.69) is 0 Å². The third kappa shape index (κ3) is 4.24. The largest absolute Gasteiger partial charge is 0.494 e. The fourth-order valence-electron chi connectivity index (χ4n) is 3.18.